The largest absolute Gasteiger partial charge is 0.354 e. The Morgan fingerprint density at radius 2 is 1.97 bits per heavy atom. The highest BCUT2D eigenvalue weighted by atomic mass is 35.5. The fraction of sp³-hybridized carbons (Fsp3) is 0.357. The summed E-state index contributed by atoms with van der Waals surface area (Å²) < 4.78 is 1.69. The fourth-order valence-electron chi connectivity index (χ4n) is 4.96. The lowest BCUT2D eigenvalue weighted by Crippen LogP contribution is -2.28. The van der Waals surface area contributed by atoms with Gasteiger partial charge in [-0.05, 0) is 75.9 Å². The first-order valence-corrected chi connectivity index (χ1v) is 13.0. The van der Waals surface area contributed by atoms with Crippen LogP contribution in [-0.2, 0) is 6.54 Å². The van der Waals surface area contributed by atoms with Gasteiger partial charge in [0, 0.05) is 52.6 Å². The minimum Gasteiger partial charge on any atom is -0.354 e. The number of aryl methyl sites for hydroxylation is 2. The number of benzene rings is 1. The third-order valence-electron chi connectivity index (χ3n) is 6.98. The summed E-state index contributed by atoms with van der Waals surface area (Å²) in [5.74, 6) is 1.28. The summed E-state index contributed by atoms with van der Waals surface area (Å²) >= 11 is 6.71. The molecule has 5 rings (SSSR count). The van der Waals surface area contributed by atoms with E-state index in [1.165, 1.54) is 12.8 Å². The van der Waals surface area contributed by atoms with Gasteiger partial charge >= 0.3 is 0 Å². The summed E-state index contributed by atoms with van der Waals surface area (Å²) in [6.07, 6.45) is 7.07. The van der Waals surface area contributed by atoms with Crippen LogP contribution in [0.15, 0.2) is 53.6 Å². The Morgan fingerprint density at radius 1 is 1.14 bits per heavy atom. The van der Waals surface area contributed by atoms with Gasteiger partial charge in [0.05, 0.1) is 5.69 Å². The topological polar surface area (TPSA) is 84.7 Å². The molecule has 186 valence electrons. The van der Waals surface area contributed by atoms with Crippen LogP contribution in [0.2, 0.25) is 5.02 Å². The molecule has 1 aliphatic rings. The molecule has 7 nitrogen and oxygen atoms in total. The zero-order chi connectivity index (χ0) is 25.1. The molecule has 0 saturated carbocycles. The van der Waals surface area contributed by atoms with Crippen molar-refractivity contribution in [2.75, 3.05) is 25.0 Å². The molecule has 8 heteroatoms. The second kappa shape index (κ2) is 10.8. The average Bonchev–Trinajstić information content (AvgIpc) is 2.89. The lowest BCUT2D eigenvalue weighted by Gasteiger charge is -2.22. The van der Waals surface area contributed by atoms with Crippen molar-refractivity contribution in [3.63, 3.8) is 0 Å². The van der Waals surface area contributed by atoms with Gasteiger partial charge in [-0.25, -0.2) is 4.98 Å². The monoisotopic (exact) mass is 502 g/mol. The summed E-state index contributed by atoms with van der Waals surface area (Å²) in [6.45, 7) is 7.48. The van der Waals surface area contributed by atoms with Crippen molar-refractivity contribution in [1.29, 1.82) is 0 Å². The molecule has 36 heavy (non-hydrogen) atoms. The molecule has 3 aromatic heterocycles. The maximum absolute atomic E-state index is 13.5. The predicted molar refractivity (Wildman–Crippen MR) is 147 cm³/mol. The molecule has 1 saturated heterocycles. The molecule has 0 unspecified atom stereocenters. The van der Waals surface area contributed by atoms with Crippen LogP contribution in [0.1, 0.15) is 31.7 Å². The molecule has 0 atom stereocenters. The normalized spacial score (nSPS) is 14.3. The van der Waals surface area contributed by atoms with Gasteiger partial charge in [-0.3, -0.25) is 14.3 Å². The number of nitrogens with zero attached hydrogens (tertiary/aromatic N) is 4. The van der Waals surface area contributed by atoms with E-state index < -0.39 is 0 Å². The maximum Gasteiger partial charge on any atom is 0.260 e. The first-order chi connectivity index (χ1) is 17.5. The SMILES string of the molecule is CCn1c(=O)c(-c2ccc(-c3ncccc3C)cc2Cl)cc2cnc(NCCC3CCNCC3)nc21. The van der Waals surface area contributed by atoms with Gasteiger partial charge < -0.3 is 10.6 Å². The van der Waals surface area contributed by atoms with Gasteiger partial charge in [-0.2, -0.15) is 4.98 Å². The number of hydrogen-bond donors (Lipinski definition) is 2. The lowest BCUT2D eigenvalue weighted by atomic mass is 9.95. The Kier molecular flexibility index (Phi) is 7.30. The van der Waals surface area contributed by atoms with E-state index in [9.17, 15) is 4.79 Å². The lowest BCUT2D eigenvalue weighted by molar-refractivity contribution is 0.361. The highest BCUT2D eigenvalue weighted by Gasteiger charge is 2.17. The Labute approximate surface area is 216 Å². The third kappa shape index (κ3) is 4.99. The molecular formula is C28H31ClN6O. The first-order valence-electron chi connectivity index (χ1n) is 12.6. The molecule has 1 aromatic carbocycles. The van der Waals surface area contributed by atoms with E-state index in [0.717, 1.165) is 54.2 Å². The Bertz CT molecular complexity index is 1440. The van der Waals surface area contributed by atoms with E-state index in [-0.39, 0.29) is 5.56 Å². The molecule has 0 spiro atoms. The van der Waals surface area contributed by atoms with E-state index in [0.29, 0.717) is 34.3 Å². The molecule has 4 heterocycles. The van der Waals surface area contributed by atoms with Gasteiger partial charge in [-0.15, -0.1) is 0 Å². The molecule has 1 fully saturated rings. The standard InChI is InChI=1S/C28H31ClN6O/c1-3-35-26-21(17-33-28(34-26)32-14-10-19-8-12-30-13-9-19)15-23(27(35)36)22-7-6-20(16-24(22)29)25-18(2)5-4-11-31-25/h4-7,11,15-17,19,30H,3,8-10,12-14H2,1-2H3,(H,32,33,34). The highest BCUT2D eigenvalue weighted by molar-refractivity contribution is 6.33. The Hall–Kier alpha value is -3.29. The molecule has 2 N–H and O–H groups in total. The summed E-state index contributed by atoms with van der Waals surface area (Å²) in [5.41, 5.74) is 4.60. The summed E-state index contributed by atoms with van der Waals surface area (Å²) in [5, 5.41) is 8.07. The van der Waals surface area contributed by atoms with E-state index in [1.54, 1.807) is 17.0 Å². The highest BCUT2D eigenvalue weighted by Crippen LogP contribution is 2.32. The molecule has 0 bridgehead atoms. The number of rotatable bonds is 7. The molecule has 0 aliphatic carbocycles. The fourth-order valence-corrected chi connectivity index (χ4v) is 5.24. The summed E-state index contributed by atoms with van der Waals surface area (Å²) in [7, 11) is 0. The summed E-state index contributed by atoms with van der Waals surface area (Å²) in [4.78, 5) is 27.2. The van der Waals surface area contributed by atoms with Crippen molar-refractivity contribution < 1.29 is 0 Å². The van der Waals surface area contributed by atoms with Crippen LogP contribution in [0.3, 0.4) is 0 Å². The van der Waals surface area contributed by atoms with Crippen LogP contribution in [-0.4, -0.2) is 39.2 Å². The molecule has 0 amide bonds. The summed E-state index contributed by atoms with van der Waals surface area (Å²) in [6, 6.07) is 11.5. The Balaban J connectivity index is 1.44. The minimum absolute atomic E-state index is 0.118. The molecule has 4 aromatic rings. The van der Waals surface area contributed by atoms with Gasteiger partial charge in [0.15, 0.2) is 0 Å². The van der Waals surface area contributed by atoms with Gasteiger partial charge in [-0.1, -0.05) is 29.8 Å². The van der Waals surface area contributed by atoms with Crippen molar-refractivity contribution in [2.24, 2.45) is 5.92 Å². The van der Waals surface area contributed by atoms with E-state index in [1.807, 2.05) is 50.2 Å². The van der Waals surface area contributed by atoms with Crippen molar-refractivity contribution in [2.45, 2.75) is 39.7 Å². The number of anilines is 1. The van der Waals surface area contributed by atoms with Crippen LogP contribution in [0, 0.1) is 12.8 Å². The minimum atomic E-state index is -0.118. The zero-order valence-electron chi connectivity index (χ0n) is 20.7. The van der Waals surface area contributed by atoms with Crippen LogP contribution >= 0.6 is 11.6 Å². The Morgan fingerprint density at radius 3 is 2.72 bits per heavy atom. The number of aromatic nitrogens is 4. The number of fused-ring (bicyclic) bond motifs is 1. The number of piperidine rings is 1. The van der Waals surface area contributed by atoms with Crippen LogP contribution in [0.5, 0.6) is 0 Å². The second-order valence-corrected chi connectivity index (χ2v) is 9.76. The van der Waals surface area contributed by atoms with Crippen molar-refractivity contribution in [3.8, 4) is 22.4 Å². The van der Waals surface area contributed by atoms with Gasteiger partial charge in [0.25, 0.3) is 5.56 Å². The average molecular weight is 503 g/mol. The van der Waals surface area contributed by atoms with E-state index >= 15 is 0 Å². The van der Waals surface area contributed by atoms with E-state index in [4.69, 9.17) is 16.6 Å². The second-order valence-electron chi connectivity index (χ2n) is 9.35. The number of hydrogen-bond acceptors (Lipinski definition) is 6. The zero-order valence-corrected chi connectivity index (χ0v) is 21.5. The maximum atomic E-state index is 13.5. The predicted octanol–water partition coefficient (Wildman–Crippen LogP) is 5.30. The molecule has 0 radical (unpaired) electrons. The van der Waals surface area contributed by atoms with Crippen LogP contribution in [0.25, 0.3) is 33.4 Å². The number of pyridine rings is 2. The first kappa shape index (κ1) is 24.4. The van der Waals surface area contributed by atoms with E-state index in [2.05, 4.69) is 20.6 Å². The third-order valence-corrected chi connectivity index (χ3v) is 7.29. The quantitative estimate of drug-likeness (QED) is 0.356. The van der Waals surface area contributed by atoms with Crippen molar-refractivity contribution in [1.82, 2.24) is 24.8 Å². The van der Waals surface area contributed by atoms with Crippen molar-refractivity contribution >= 4 is 28.6 Å². The molecule has 1 aliphatic heterocycles. The van der Waals surface area contributed by atoms with Gasteiger partial charge in [0.2, 0.25) is 5.95 Å². The smallest absolute Gasteiger partial charge is 0.260 e. The van der Waals surface area contributed by atoms with Gasteiger partial charge in [0.1, 0.15) is 5.65 Å². The van der Waals surface area contributed by atoms with Crippen LogP contribution < -0.4 is 16.2 Å². The molecular weight excluding hydrogens is 472 g/mol. The number of nitrogens with one attached hydrogen (secondary N) is 2. The number of halogens is 1. The van der Waals surface area contributed by atoms with Crippen LogP contribution in [0.4, 0.5) is 5.95 Å². The van der Waals surface area contributed by atoms with Crippen molar-refractivity contribution in [3.05, 3.63) is 69.7 Å².